The zero-order chi connectivity index (χ0) is 12.8. The topological polar surface area (TPSA) is 73.1 Å². The number of nitrogens with zero attached hydrogens (tertiary/aromatic N) is 2. The molecule has 0 atom stereocenters. The highest BCUT2D eigenvalue weighted by Gasteiger charge is 2.12. The Hall–Kier alpha value is -1.36. The Bertz CT molecular complexity index is 357. The van der Waals surface area contributed by atoms with E-state index in [1.165, 1.54) is 32.1 Å². The Morgan fingerprint density at radius 2 is 2.11 bits per heavy atom. The van der Waals surface area contributed by atoms with Crippen LogP contribution in [0.5, 0.6) is 0 Å². The first kappa shape index (κ1) is 13.1. The third-order valence-corrected chi connectivity index (χ3v) is 3.19. The van der Waals surface area contributed by atoms with Gasteiger partial charge in [0, 0.05) is 18.3 Å². The van der Waals surface area contributed by atoms with E-state index in [-0.39, 0.29) is 0 Å². The maximum atomic E-state index is 5.83. The molecule has 0 bridgehead atoms. The summed E-state index contributed by atoms with van der Waals surface area (Å²) in [5.41, 5.74) is 6.46. The first-order valence-electron chi connectivity index (χ1n) is 6.70. The van der Waals surface area contributed by atoms with E-state index >= 15 is 0 Å². The predicted molar refractivity (Wildman–Crippen MR) is 72.5 cm³/mol. The summed E-state index contributed by atoms with van der Waals surface area (Å²) in [7, 11) is 0. The summed E-state index contributed by atoms with van der Waals surface area (Å²) in [6, 6.07) is 1.89. The molecular weight excluding hydrogens is 228 g/mol. The average molecular weight is 250 g/mol. The van der Waals surface area contributed by atoms with E-state index in [0.717, 1.165) is 18.1 Å². The molecule has 0 aromatic carbocycles. The average Bonchev–Trinajstić information content (AvgIpc) is 2.35. The second-order valence-corrected chi connectivity index (χ2v) is 4.81. The van der Waals surface area contributed by atoms with Crippen molar-refractivity contribution in [3.8, 4) is 0 Å². The second kappa shape index (κ2) is 6.54. The van der Waals surface area contributed by atoms with E-state index in [4.69, 9.17) is 10.5 Å². The molecule has 5 nitrogen and oxygen atoms in total. The zero-order valence-corrected chi connectivity index (χ0v) is 11.0. The minimum Gasteiger partial charge on any atom is -0.376 e. The third-order valence-electron chi connectivity index (χ3n) is 3.19. The SMILES string of the molecule is Cc1cc(NCCOC2CCCCC2)nc(N)n1. The summed E-state index contributed by atoms with van der Waals surface area (Å²) < 4.78 is 5.83. The van der Waals surface area contributed by atoms with Gasteiger partial charge < -0.3 is 15.8 Å². The van der Waals surface area contributed by atoms with Crippen molar-refractivity contribution in [2.24, 2.45) is 0 Å². The summed E-state index contributed by atoms with van der Waals surface area (Å²) in [5, 5.41) is 3.21. The maximum Gasteiger partial charge on any atom is 0.222 e. The van der Waals surface area contributed by atoms with E-state index in [1.54, 1.807) is 0 Å². The monoisotopic (exact) mass is 250 g/mol. The molecular formula is C13H22N4O. The highest BCUT2D eigenvalue weighted by Crippen LogP contribution is 2.20. The number of ether oxygens (including phenoxy) is 1. The number of aromatic nitrogens is 2. The second-order valence-electron chi connectivity index (χ2n) is 4.81. The fourth-order valence-corrected chi connectivity index (χ4v) is 2.32. The normalized spacial score (nSPS) is 16.7. The van der Waals surface area contributed by atoms with Crippen LogP contribution < -0.4 is 11.1 Å². The summed E-state index contributed by atoms with van der Waals surface area (Å²) >= 11 is 0. The van der Waals surface area contributed by atoms with E-state index in [0.29, 0.717) is 18.7 Å². The number of rotatable bonds is 5. The molecule has 100 valence electrons. The smallest absolute Gasteiger partial charge is 0.222 e. The summed E-state index contributed by atoms with van der Waals surface area (Å²) in [6.07, 6.45) is 6.84. The van der Waals surface area contributed by atoms with Gasteiger partial charge >= 0.3 is 0 Å². The van der Waals surface area contributed by atoms with E-state index < -0.39 is 0 Å². The van der Waals surface area contributed by atoms with Crippen molar-refractivity contribution in [3.05, 3.63) is 11.8 Å². The van der Waals surface area contributed by atoms with Crippen molar-refractivity contribution < 1.29 is 4.74 Å². The molecule has 1 aliphatic carbocycles. The van der Waals surface area contributed by atoms with Crippen LogP contribution in [-0.2, 0) is 4.74 Å². The maximum absolute atomic E-state index is 5.83. The van der Waals surface area contributed by atoms with E-state index in [2.05, 4.69) is 15.3 Å². The lowest BCUT2D eigenvalue weighted by Crippen LogP contribution is -2.20. The van der Waals surface area contributed by atoms with Crippen LogP contribution in [0.15, 0.2) is 6.07 Å². The number of nitrogens with one attached hydrogen (secondary N) is 1. The molecule has 5 heteroatoms. The molecule has 2 rings (SSSR count). The van der Waals surface area contributed by atoms with Crippen molar-refractivity contribution in [3.63, 3.8) is 0 Å². The molecule has 0 radical (unpaired) electrons. The number of aryl methyl sites for hydroxylation is 1. The van der Waals surface area contributed by atoms with Gasteiger partial charge in [0.05, 0.1) is 12.7 Å². The van der Waals surface area contributed by atoms with Crippen LogP contribution in [0.25, 0.3) is 0 Å². The third kappa shape index (κ3) is 4.14. The highest BCUT2D eigenvalue weighted by molar-refractivity contribution is 5.39. The molecule has 0 unspecified atom stereocenters. The quantitative estimate of drug-likeness (QED) is 0.783. The van der Waals surface area contributed by atoms with Crippen molar-refractivity contribution in [1.29, 1.82) is 0 Å². The van der Waals surface area contributed by atoms with Gasteiger partial charge in [-0.25, -0.2) is 4.98 Å². The predicted octanol–water partition coefficient (Wildman–Crippen LogP) is 2.13. The van der Waals surface area contributed by atoms with Gasteiger partial charge in [0.2, 0.25) is 5.95 Å². The largest absolute Gasteiger partial charge is 0.376 e. The minimum absolute atomic E-state index is 0.311. The van der Waals surface area contributed by atoms with Crippen LogP contribution in [-0.4, -0.2) is 29.2 Å². The fourth-order valence-electron chi connectivity index (χ4n) is 2.32. The van der Waals surface area contributed by atoms with Crippen LogP contribution >= 0.6 is 0 Å². The zero-order valence-electron chi connectivity index (χ0n) is 11.0. The highest BCUT2D eigenvalue weighted by atomic mass is 16.5. The lowest BCUT2D eigenvalue weighted by atomic mass is 9.98. The van der Waals surface area contributed by atoms with Crippen molar-refractivity contribution in [2.45, 2.75) is 45.1 Å². The minimum atomic E-state index is 0.311. The Morgan fingerprint density at radius 3 is 2.83 bits per heavy atom. The molecule has 1 fully saturated rings. The van der Waals surface area contributed by atoms with Crippen LogP contribution in [0.1, 0.15) is 37.8 Å². The number of anilines is 2. The molecule has 1 saturated carbocycles. The van der Waals surface area contributed by atoms with Crippen LogP contribution in [0.2, 0.25) is 0 Å². The van der Waals surface area contributed by atoms with E-state index in [9.17, 15) is 0 Å². The van der Waals surface area contributed by atoms with Crippen molar-refractivity contribution >= 4 is 11.8 Å². The van der Waals surface area contributed by atoms with Crippen LogP contribution in [0.3, 0.4) is 0 Å². The summed E-state index contributed by atoms with van der Waals surface area (Å²) in [5.74, 6) is 1.08. The standard InChI is InChI=1S/C13H22N4O/c1-10-9-12(17-13(14)16-10)15-7-8-18-11-5-3-2-4-6-11/h9,11H,2-8H2,1H3,(H3,14,15,16,17). The van der Waals surface area contributed by atoms with Crippen LogP contribution in [0, 0.1) is 6.92 Å². The molecule has 0 saturated heterocycles. The fraction of sp³-hybridized carbons (Fsp3) is 0.692. The van der Waals surface area contributed by atoms with Crippen LogP contribution in [0.4, 0.5) is 11.8 Å². The molecule has 0 amide bonds. The van der Waals surface area contributed by atoms with Gasteiger partial charge in [-0.05, 0) is 19.8 Å². The first-order chi connectivity index (χ1) is 8.74. The Balaban J connectivity index is 1.68. The number of hydrogen-bond donors (Lipinski definition) is 2. The number of nitrogen functional groups attached to an aromatic ring is 1. The molecule has 1 heterocycles. The van der Waals surface area contributed by atoms with E-state index in [1.807, 2.05) is 13.0 Å². The molecule has 1 aromatic rings. The molecule has 18 heavy (non-hydrogen) atoms. The molecule has 0 spiro atoms. The molecule has 1 aromatic heterocycles. The number of hydrogen-bond acceptors (Lipinski definition) is 5. The molecule has 0 aliphatic heterocycles. The van der Waals surface area contributed by atoms with Gasteiger partial charge in [0.1, 0.15) is 5.82 Å². The van der Waals surface area contributed by atoms with Gasteiger partial charge in [-0.1, -0.05) is 19.3 Å². The summed E-state index contributed by atoms with van der Waals surface area (Å²) in [6.45, 7) is 3.38. The van der Waals surface area contributed by atoms with Gasteiger partial charge in [-0.2, -0.15) is 4.98 Å². The van der Waals surface area contributed by atoms with Gasteiger partial charge in [-0.15, -0.1) is 0 Å². The molecule has 1 aliphatic rings. The van der Waals surface area contributed by atoms with Gasteiger partial charge in [-0.3, -0.25) is 0 Å². The van der Waals surface area contributed by atoms with Gasteiger partial charge in [0.25, 0.3) is 0 Å². The van der Waals surface area contributed by atoms with Crippen molar-refractivity contribution in [2.75, 3.05) is 24.2 Å². The summed E-state index contributed by atoms with van der Waals surface area (Å²) in [4.78, 5) is 8.15. The Morgan fingerprint density at radius 1 is 1.33 bits per heavy atom. The Labute approximate surface area is 108 Å². The lowest BCUT2D eigenvalue weighted by molar-refractivity contribution is 0.0347. The molecule has 3 N–H and O–H groups in total. The first-order valence-corrected chi connectivity index (χ1v) is 6.70. The Kier molecular flexibility index (Phi) is 4.75. The lowest BCUT2D eigenvalue weighted by Gasteiger charge is -2.22. The van der Waals surface area contributed by atoms with Crippen molar-refractivity contribution in [1.82, 2.24) is 9.97 Å². The number of nitrogens with two attached hydrogens (primary N) is 1. The van der Waals surface area contributed by atoms with Gasteiger partial charge in [0.15, 0.2) is 0 Å².